The number of nitrogens with zero attached hydrogens (tertiary/aromatic N) is 2. The molecule has 0 saturated carbocycles. The van der Waals surface area contributed by atoms with E-state index in [4.69, 9.17) is 5.73 Å². The SMILES string of the molecule is Cn1nccc1CCC(C)(N)Cc1ccccc1. The molecule has 1 aromatic heterocycles. The predicted molar refractivity (Wildman–Crippen MR) is 74.3 cm³/mol. The summed E-state index contributed by atoms with van der Waals surface area (Å²) < 4.78 is 1.92. The summed E-state index contributed by atoms with van der Waals surface area (Å²) >= 11 is 0. The van der Waals surface area contributed by atoms with Gasteiger partial charge in [-0.3, -0.25) is 4.68 Å². The Balaban J connectivity index is 1.93. The zero-order valence-corrected chi connectivity index (χ0v) is 11.1. The lowest BCUT2D eigenvalue weighted by atomic mass is 9.89. The van der Waals surface area contributed by atoms with Crippen LogP contribution in [0.25, 0.3) is 0 Å². The number of nitrogens with two attached hydrogens (primary N) is 1. The highest BCUT2D eigenvalue weighted by Crippen LogP contribution is 2.17. The van der Waals surface area contributed by atoms with Crippen molar-refractivity contribution in [3.8, 4) is 0 Å². The fourth-order valence-corrected chi connectivity index (χ4v) is 2.21. The van der Waals surface area contributed by atoms with Crippen LogP contribution in [0, 0.1) is 0 Å². The van der Waals surface area contributed by atoms with Crippen molar-refractivity contribution in [1.29, 1.82) is 0 Å². The van der Waals surface area contributed by atoms with Crippen LogP contribution >= 0.6 is 0 Å². The molecule has 18 heavy (non-hydrogen) atoms. The number of aromatic nitrogens is 2. The van der Waals surface area contributed by atoms with Crippen LogP contribution in [0.15, 0.2) is 42.6 Å². The van der Waals surface area contributed by atoms with Gasteiger partial charge in [0.2, 0.25) is 0 Å². The van der Waals surface area contributed by atoms with E-state index in [2.05, 4.69) is 42.4 Å². The van der Waals surface area contributed by atoms with Gasteiger partial charge in [0.05, 0.1) is 0 Å². The molecular weight excluding hydrogens is 222 g/mol. The molecule has 2 rings (SSSR count). The lowest BCUT2D eigenvalue weighted by Crippen LogP contribution is -2.39. The Labute approximate surface area is 109 Å². The molecule has 0 amide bonds. The van der Waals surface area contributed by atoms with Gasteiger partial charge in [-0.2, -0.15) is 5.10 Å². The fourth-order valence-electron chi connectivity index (χ4n) is 2.21. The number of hydrogen-bond donors (Lipinski definition) is 1. The summed E-state index contributed by atoms with van der Waals surface area (Å²) in [6.45, 7) is 2.12. The van der Waals surface area contributed by atoms with Gasteiger partial charge in [-0.1, -0.05) is 30.3 Å². The van der Waals surface area contributed by atoms with E-state index in [0.29, 0.717) is 0 Å². The maximum absolute atomic E-state index is 6.39. The van der Waals surface area contributed by atoms with Crippen LogP contribution in [-0.4, -0.2) is 15.3 Å². The highest BCUT2D eigenvalue weighted by molar-refractivity contribution is 5.17. The van der Waals surface area contributed by atoms with Gasteiger partial charge in [-0.15, -0.1) is 0 Å². The van der Waals surface area contributed by atoms with Crippen molar-refractivity contribution >= 4 is 0 Å². The third-order valence-corrected chi connectivity index (χ3v) is 3.33. The molecule has 3 nitrogen and oxygen atoms in total. The second-order valence-corrected chi connectivity index (χ2v) is 5.26. The lowest BCUT2D eigenvalue weighted by Gasteiger charge is -2.24. The highest BCUT2D eigenvalue weighted by atomic mass is 15.2. The largest absolute Gasteiger partial charge is 0.325 e. The average Bonchev–Trinajstić information content (AvgIpc) is 2.73. The summed E-state index contributed by atoms with van der Waals surface area (Å²) in [4.78, 5) is 0. The number of aryl methyl sites for hydroxylation is 2. The maximum Gasteiger partial charge on any atom is 0.0492 e. The molecule has 0 radical (unpaired) electrons. The van der Waals surface area contributed by atoms with Crippen LogP contribution in [0.3, 0.4) is 0 Å². The van der Waals surface area contributed by atoms with Crippen molar-refractivity contribution in [3.05, 3.63) is 53.9 Å². The second kappa shape index (κ2) is 5.36. The topological polar surface area (TPSA) is 43.8 Å². The summed E-state index contributed by atoms with van der Waals surface area (Å²) in [6, 6.07) is 12.5. The summed E-state index contributed by atoms with van der Waals surface area (Å²) in [5, 5.41) is 4.18. The smallest absolute Gasteiger partial charge is 0.0492 e. The summed E-state index contributed by atoms with van der Waals surface area (Å²) in [6.07, 6.45) is 4.67. The highest BCUT2D eigenvalue weighted by Gasteiger charge is 2.19. The first kappa shape index (κ1) is 12.8. The maximum atomic E-state index is 6.39. The van der Waals surface area contributed by atoms with Crippen molar-refractivity contribution in [2.75, 3.05) is 0 Å². The van der Waals surface area contributed by atoms with E-state index in [9.17, 15) is 0 Å². The van der Waals surface area contributed by atoms with Gasteiger partial charge in [0.1, 0.15) is 0 Å². The van der Waals surface area contributed by atoms with Crippen LogP contribution in [-0.2, 0) is 19.9 Å². The third-order valence-electron chi connectivity index (χ3n) is 3.33. The van der Waals surface area contributed by atoms with Crippen LogP contribution < -0.4 is 5.73 Å². The lowest BCUT2D eigenvalue weighted by molar-refractivity contribution is 0.424. The molecule has 1 unspecified atom stereocenters. The third kappa shape index (κ3) is 3.44. The zero-order valence-electron chi connectivity index (χ0n) is 11.1. The molecule has 2 N–H and O–H groups in total. The Morgan fingerprint density at radius 2 is 1.94 bits per heavy atom. The molecule has 1 atom stereocenters. The average molecular weight is 243 g/mol. The van der Waals surface area contributed by atoms with Crippen molar-refractivity contribution in [3.63, 3.8) is 0 Å². The minimum atomic E-state index is -0.175. The van der Waals surface area contributed by atoms with Gasteiger partial charge in [-0.05, 0) is 37.8 Å². The van der Waals surface area contributed by atoms with Gasteiger partial charge >= 0.3 is 0 Å². The standard InChI is InChI=1S/C15H21N3/c1-15(16,12-13-6-4-3-5-7-13)10-8-14-9-11-17-18(14)2/h3-7,9,11H,8,10,12,16H2,1-2H3. The van der Waals surface area contributed by atoms with Crippen LogP contribution in [0.4, 0.5) is 0 Å². The van der Waals surface area contributed by atoms with Gasteiger partial charge in [0.25, 0.3) is 0 Å². The summed E-state index contributed by atoms with van der Waals surface area (Å²) in [5.41, 5.74) is 8.75. The molecule has 0 aliphatic heterocycles. The Morgan fingerprint density at radius 3 is 2.56 bits per heavy atom. The van der Waals surface area contributed by atoms with E-state index in [-0.39, 0.29) is 5.54 Å². The van der Waals surface area contributed by atoms with Crippen molar-refractivity contribution in [2.24, 2.45) is 12.8 Å². The molecule has 96 valence electrons. The molecule has 2 aromatic rings. The first-order valence-corrected chi connectivity index (χ1v) is 6.36. The monoisotopic (exact) mass is 243 g/mol. The molecule has 0 spiro atoms. The van der Waals surface area contributed by atoms with Gasteiger partial charge < -0.3 is 5.73 Å². The quantitative estimate of drug-likeness (QED) is 0.875. The first-order valence-electron chi connectivity index (χ1n) is 6.36. The molecular formula is C15H21N3. The van der Waals surface area contributed by atoms with Gasteiger partial charge in [0.15, 0.2) is 0 Å². The van der Waals surface area contributed by atoms with Crippen molar-refractivity contribution in [2.45, 2.75) is 31.7 Å². The van der Waals surface area contributed by atoms with E-state index in [1.54, 1.807) is 0 Å². The minimum absolute atomic E-state index is 0.175. The molecule has 0 bridgehead atoms. The molecule has 0 saturated heterocycles. The first-order chi connectivity index (χ1) is 8.57. The van der Waals surface area contributed by atoms with Gasteiger partial charge in [0, 0.05) is 24.5 Å². The van der Waals surface area contributed by atoms with Crippen LogP contribution in [0.1, 0.15) is 24.6 Å². The van der Waals surface area contributed by atoms with Crippen LogP contribution in [0.5, 0.6) is 0 Å². The molecule has 1 heterocycles. The van der Waals surface area contributed by atoms with E-state index in [1.165, 1.54) is 11.3 Å². The molecule has 0 aliphatic carbocycles. The Morgan fingerprint density at radius 1 is 1.22 bits per heavy atom. The predicted octanol–water partition coefficient (Wildman–Crippen LogP) is 2.31. The number of hydrogen-bond acceptors (Lipinski definition) is 2. The molecule has 0 aliphatic rings. The summed E-state index contributed by atoms with van der Waals surface area (Å²) in [7, 11) is 1.97. The fraction of sp³-hybridized carbons (Fsp3) is 0.400. The van der Waals surface area contributed by atoms with Crippen LogP contribution in [0.2, 0.25) is 0 Å². The molecule has 3 heteroatoms. The Hall–Kier alpha value is -1.61. The van der Waals surface area contributed by atoms with E-state index in [0.717, 1.165) is 19.3 Å². The normalized spacial score (nSPS) is 14.4. The van der Waals surface area contributed by atoms with Crippen molar-refractivity contribution < 1.29 is 0 Å². The van der Waals surface area contributed by atoms with Crippen molar-refractivity contribution in [1.82, 2.24) is 9.78 Å². The number of benzene rings is 1. The van der Waals surface area contributed by atoms with E-state index >= 15 is 0 Å². The van der Waals surface area contributed by atoms with E-state index in [1.807, 2.05) is 24.0 Å². The summed E-state index contributed by atoms with van der Waals surface area (Å²) in [5.74, 6) is 0. The Bertz CT molecular complexity index is 485. The second-order valence-electron chi connectivity index (χ2n) is 5.26. The Kier molecular flexibility index (Phi) is 3.82. The molecule has 1 aromatic carbocycles. The van der Waals surface area contributed by atoms with Gasteiger partial charge in [-0.25, -0.2) is 0 Å². The number of rotatable bonds is 5. The zero-order chi connectivity index (χ0) is 13.0. The van der Waals surface area contributed by atoms with E-state index < -0.39 is 0 Å². The molecule has 0 fully saturated rings. The minimum Gasteiger partial charge on any atom is -0.325 e.